The SMILES string of the molecule is O=C(Nc1ccc(-c2cnc(C(F)(F)F)cc2CO)nc1)C1CCC1. The molecule has 25 heavy (non-hydrogen) atoms. The fourth-order valence-corrected chi connectivity index (χ4v) is 2.56. The Balaban J connectivity index is 1.80. The first-order chi connectivity index (χ1) is 11.9. The fourth-order valence-electron chi connectivity index (χ4n) is 2.56. The fraction of sp³-hybridized carbons (Fsp3) is 0.353. The zero-order chi connectivity index (χ0) is 18.0. The lowest BCUT2D eigenvalue weighted by Crippen LogP contribution is -2.28. The first-order valence-electron chi connectivity index (χ1n) is 7.83. The number of carbonyl (C=O) groups excluding carboxylic acids is 1. The molecule has 1 saturated carbocycles. The highest BCUT2D eigenvalue weighted by Crippen LogP contribution is 2.31. The van der Waals surface area contributed by atoms with Gasteiger partial charge in [0.1, 0.15) is 5.69 Å². The molecular formula is C17H16F3N3O2. The Labute approximate surface area is 141 Å². The molecule has 1 aliphatic rings. The van der Waals surface area contributed by atoms with Crippen LogP contribution >= 0.6 is 0 Å². The number of rotatable bonds is 4. The summed E-state index contributed by atoms with van der Waals surface area (Å²) in [6, 6.07) is 4.00. The molecular weight excluding hydrogens is 335 g/mol. The van der Waals surface area contributed by atoms with Gasteiger partial charge in [-0.15, -0.1) is 0 Å². The minimum Gasteiger partial charge on any atom is -0.392 e. The first-order valence-corrected chi connectivity index (χ1v) is 7.83. The van der Waals surface area contributed by atoms with E-state index in [9.17, 15) is 23.1 Å². The average molecular weight is 351 g/mol. The van der Waals surface area contributed by atoms with Gasteiger partial charge in [-0.2, -0.15) is 13.2 Å². The predicted molar refractivity (Wildman–Crippen MR) is 84.4 cm³/mol. The molecule has 0 spiro atoms. The summed E-state index contributed by atoms with van der Waals surface area (Å²) in [4.78, 5) is 19.5. The second-order valence-corrected chi connectivity index (χ2v) is 5.93. The molecule has 0 saturated heterocycles. The summed E-state index contributed by atoms with van der Waals surface area (Å²) in [5.74, 6) is -0.00664. The quantitative estimate of drug-likeness (QED) is 0.885. The van der Waals surface area contributed by atoms with Crippen LogP contribution in [0, 0.1) is 5.92 Å². The molecule has 2 aromatic heterocycles. The molecule has 0 unspecified atom stereocenters. The number of amides is 1. The van der Waals surface area contributed by atoms with E-state index in [0.717, 1.165) is 31.5 Å². The second-order valence-electron chi connectivity index (χ2n) is 5.93. The van der Waals surface area contributed by atoms with Gasteiger partial charge >= 0.3 is 6.18 Å². The van der Waals surface area contributed by atoms with Crippen LogP contribution in [0.25, 0.3) is 11.3 Å². The van der Waals surface area contributed by atoms with Gasteiger partial charge in [0.2, 0.25) is 5.91 Å². The predicted octanol–water partition coefficient (Wildman–Crippen LogP) is 3.39. The highest BCUT2D eigenvalue weighted by Gasteiger charge is 2.33. The number of aliphatic hydroxyl groups excluding tert-OH is 1. The van der Waals surface area contributed by atoms with E-state index in [2.05, 4.69) is 15.3 Å². The highest BCUT2D eigenvalue weighted by molar-refractivity contribution is 5.93. The zero-order valence-corrected chi connectivity index (χ0v) is 13.2. The van der Waals surface area contributed by atoms with Gasteiger partial charge in [-0.3, -0.25) is 14.8 Å². The number of anilines is 1. The molecule has 0 aliphatic heterocycles. The number of nitrogens with one attached hydrogen (secondary N) is 1. The number of nitrogens with zero attached hydrogens (tertiary/aromatic N) is 2. The lowest BCUT2D eigenvalue weighted by Gasteiger charge is -2.23. The lowest BCUT2D eigenvalue weighted by atomic mass is 9.85. The molecule has 2 N–H and O–H groups in total. The summed E-state index contributed by atoms with van der Waals surface area (Å²) in [6.07, 6.45) is 0.725. The molecule has 2 heterocycles. The number of alkyl halides is 3. The van der Waals surface area contributed by atoms with Crippen molar-refractivity contribution < 1.29 is 23.1 Å². The standard InChI is InChI=1S/C17H16F3N3O2/c18-17(19,20)15-6-11(9-24)13(8-22-15)14-5-4-12(7-21-14)23-16(25)10-2-1-3-10/h4-8,10,24H,1-3,9H2,(H,23,25). The molecule has 8 heteroatoms. The van der Waals surface area contributed by atoms with E-state index in [1.807, 2.05) is 0 Å². The normalized spacial score (nSPS) is 14.9. The van der Waals surface area contributed by atoms with Crippen LogP contribution in [0.1, 0.15) is 30.5 Å². The molecule has 1 amide bonds. The Hall–Kier alpha value is -2.48. The van der Waals surface area contributed by atoms with E-state index in [4.69, 9.17) is 0 Å². The summed E-state index contributed by atoms with van der Waals surface area (Å²) in [5, 5.41) is 12.1. The molecule has 2 aromatic rings. The van der Waals surface area contributed by atoms with Crippen LogP contribution in [0.3, 0.4) is 0 Å². The van der Waals surface area contributed by atoms with E-state index >= 15 is 0 Å². The number of carbonyl (C=O) groups is 1. The maximum atomic E-state index is 12.7. The highest BCUT2D eigenvalue weighted by atomic mass is 19.4. The van der Waals surface area contributed by atoms with Crippen LogP contribution in [0.5, 0.6) is 0 Å². The zero-order valence-electron chi connectivity index (χ0n) is 13.2. The second kappa shape index (κ2) is 6.79. The van der Waals surface area contributed by atoms with Crippen LogP contribution in [0.4, 0.5) is 18.9 Å². The molecule has 1 aliphatic carbocycles. The third-order valence-corrected chi connectivity index (χ3v) is 4.23. The topological polar surface area (TPSA) is 75.1 Å². The maximum Gasteiger partial charge on any atom is 0.433 e. The smallest absolute Gasteiger partial charge is 0.392 e. The van der Waals surface area contributed by atoms with Crippen molar-refractivity contribution >= 4 is 11.6 Å². The van der Waals surface area contributed by atoms with Crippen LogP contribution in [0.2, 0.25) is 0 Å². The van der Waals surface area contributed by atoms with Gasteiger partial charge in [-0.1, -0.05) is 6.42 Å². The molecule has 0 radical (unpaired) electrons. The van der Waals surface area contributed by atoms with Gasteiger partial charge < -0.3 is 10.4 Å². The van der Waals surface area contributed by atoms with Crippen molar-refractivity contribution in [2.45, 2.75) is 32.0 Å². The monoisotopic (exact) mass is 351 g/mol. The number of hydrogen-bond donors (Lipinski definition) is 2. The molecule has 0 bridgehead atoms. The molecule has 0 aromatic carbocycles. The van der Waals surface area contributed by atoms with Gasteiger partial charge in [-0.25, -0.2) is 0 Å². The van der Waals surface area contributed by atoms with E-state index < -0.39 is 18.5 Å². The van der Waals surface area contributed by atoms with Crippen LogP contribution in [-0.4, -0.2) is 21.0 Å². The Morgan fingerprint density at radius 2 is 2.00 bits per heavy atom. The number of halogens is 3. The third kappa shape index (κ3) is 3.79. The van der Waals surface area contributed by atoms with Crippen molar-refractivity contribution in [1.82, 2.24) is 9.97 Å². The number of hydrogen-bond acceptors (Lipinski definition) is 4. The van der Waals surface area contributed by atoms with Gasteiger partial charge in [-0.05, 0) is 36.6 Å². The van der Waals surface area contributed by atoms with Crippen molar-refractivity contribution in [1.29, 1.82) is 0 Å². The summed E-state index contributed by atoms with van der Waals surface area (Å²) in [5.41, 5.74) is 0.219. The Morgan fingerprint density at radius 3 is 2.52 bits per heavy atom. The Bertz CT molecular complexity index is 772. The summed E-state index contributed by atoms with van der Waals surface area (Å²) < 4.78 is 38.1. The van der Waals surface area contributed by atoms with E-state index in [1.54, 1.807) is 12.1 Å². The third-order valence-electron chi connectivity index (χ3n) is 4.23. The van der Waals surface area contributed by atoms with Gasteiger partial charge in [0, 0.05) is 17.7 Å². The minimum atomic E-state index is -4.58. The summed E-state index contributed by atoms with van der Waals surface area (Å²) in [6.45, 7) is -0.567. The van der Waals surface area contributed by atoms with Crippen molar-refractivity contribution in [3.05, 3.63) is 41.9 Å². The summed E-state index contributed by atoms with van der Waals surface area (Å²) in [7, 11) is 0. The van der Waals surface area contributed by atoms with Crippen molar-refractivity contribution in [3.63, 3.8) is 0 Å². The minimum absolute atomic E-state index is 0.0415. The van der Waals surface area contributed by atoms with Gasteiger partial charge in [0.05, 0.1) is 24.2 Å². The molecule has 5 nitrogen and oxygen atoms in total. The first kappa shape index (κ1) is 17.3. The lowest BCUT2D eigenvalue weighted by molar-refractivity contribution is -0.141. The van der Waals surface area contributed by atoms with Crippen LogP contribution in [-0.2, 0) is 17.6 Å². The van der Waals surface area contributed by atoms with Gasteiger partial charge in [0.15, 0.2) is 0 Å². The largest absolute Gasteiger partial charge is 0.433 e. The van der Waals surface area contributed by atoms with Crippen LogP contribution in [0.15, 0.2) is 30.6 Å². The van der Waals surface area contributed by atoms with E-state index in [-0.39, 0.29) is 17.4 Å². The number of aromatic nitrogens is 2. The maximum absolute atomic E-state index is 12.7. The van der Waals surface area contributed by atoms with Gasteiger partial charge in [0.25, 0.3) is 0 Å². The Kier molecular flexibility index (Phi) is 4.71. The molecule has 1 fully saturated rings. The number of pyridine rings is 2. The Morgan fingerprint density at radius 1 is 1.24 bits per heavy atom. The number of aliphatic hydroxyl groups is 1. The van der Waals surface area contributed by atoms with Crippen LogP contribution < -0.4 is 5.32 Å². The summed E-state index contributed by atoms with van der Waals surface area (Å²) >= 11 is 0. The van der Waals surface area contributed by atoms with Crippen molar-refractivity contribution in [2.75, 3.05) is 5.32 Å². The van der Waals surface area contributed by atoms with E-state index in [0.29, 0.717) is 16.9 Å². The average Bonchev–Trinajstić information content (AvgIpc) is 2.52. The van der Waals surface area contributed by atoms with Crippen molar-refractivity contribution in [2.24, 2.45) is 5.92 Å². The molecule has 3 rings (SSSR count). The van der Waals surface area contributed by atoms with Crippen molar-refractivity contribution in [3.8, 4) is 11.3 Å². The molecule has 132 valence electrons. The molecule has 0 atom stereocenters. The van der Waals surface area contributed by atoms with E-state index in [1.165, 1.54) is 6.20 Å².